The van der Waals surface area contributed by atoms with Crippen molar-refractivity contribution in [3.8, 4) is 5.75 Å². The molecule has 9 heteroatoms. The summed E-state index contributed by atoms with van der Waals surface area (Å²) in [5.74, 6) is -0.0970. The van der Waals surface area contributed by atoms with Gasteiger partial charge in [0.25, 0.3) is 5.69 Å². The van der Waals surface area contributed by atoms with Crippen LogP contribution in [0.15, 0.2) is 24.3 Å². The van der Waals surface area contributed by atoms with Crippen LogP contribution in [0.2, 0.25) is 0 Å². The van der Waals surface area contributed by atoms with E-state index in [-0.39, 0.29) is 11.4 Å². The predicted molar refractivity (Wildman–Crippen MR) is 53.2 cm³/mol. The minimum atomic E-state index is -4.53. The van der Waals surface area contributed by atoms with Crippen LogP contribution >= 0.6 is 0 Å². The number of carbonyl (C=O) groups is 1. The highest BCUT2D eigenvalue weighted by Gasteiger charge is 2.28. The van der Waals surface area contributed by atoms with Gasteiger partial charge in [0.05, 0.1) is 4.92 Å². The summed E-state index contributed by atoms with van der Waals surface area (Å²) >= 11 is 0. The zero-order valence-electron chi connectivity index (χ0n) is 8.73. The topological polar surface area (TPSA) is 81.5 Å². The molecule has 0 aromatic heterocycles. The number of rotatable bonds is 3. The number of hydrogen-bond donors (Lipinski definition) is 1. The fourth-order valence-corrected chi connectivity index (χ4v) is 0.951. The van der Waals surface area contributed by atoms with Crippen LogP contribution in [0.5, 0.6) is 5.75 Å². The number of nitrogens with one attached hydrogen (secondary N) is 1. The Kier molecular flexibility index (Phi) is 4.08. The number of hydrogen-bond acceptors (Lipinski definition) is 4. The first kappa shape index (κ1) is 13.7. The first-order valence-electron chi connectivity index (χ1n) is 4.55. The second-order valence-corrected chi connectivity index (χ2v) is 3.11. The molecule has 1 aromatic carbocycles. The van der Waals surface area contributed by atoms with E-state index in [1.807, 2.05) is 0 Å². The standard InChI is InChI=1S/C9H7F3N2O4/c10-9(11,12)5-13-8(15)18-7-3-1-6(2-4-7)14(16)17/h1-4H,5H2,(H,13,15). The average Bonchev–Trinajstić information content (AvgIpc) is 2.26. The van der Waals surface area contributed by atoms with Gasteiger partial charge in [-0.15, -0.1) is 0 Å². The third kappa shape index (κ3) is 4.68. The van der Waals surface area contributed by atoms with E-state index in [9.17, 15) is 28.1 Å². The zero-order chi connectivity index (χ0) is 13.8. The molecule has 0 radical (unpaired) electrons. The summed E-state index contributed by atoms with van der Waals surface area (Å²) in [6, 6.07) is 4.33. The van der Waals surface area contributed by atoms with E-state index >= 15 is 0 Å². The van der Waals surface area contributed by atoms with E-state index in [2.05, 4.69) is 4.74 Å². The second kappa shape index (κ2) is 5.34. The third-order valence-electron chi connectivity index (χ3n) is 1.69. The number of nitro groups is 1. The summed E-state index contributed by atoms with van der Waals surface area (Å²) in [5, 5.41) is 11.8. The Hall–Kier alpha value is -2.32. The quantitative estimate of drug-likeness (QED) is 0.670. The van der Waals surface area contributed by atoms with E-state index < -0.39 is 23.7 Å². The molecule has 0 atom stereocenters. The molecule has 0 aliphatic heterocycles. The van der Waals surface area contributed by atoms with E-state index in [4.69, 9.17) is 0 Å². The Balaban J connectivity index is 2.52. The number of amides is 1. The fourth-order valence-electron chi connectivity index (χ4n) is 0.951. The van der Waals surface area contributed by atoms with Crippen LogP contribution in [0.4, 0.5) is 23.7 Å². The fraction of sp³-hybridized carbons (Fsp3) is 0.222. The molecule has 6 nitrogen and oxygen atoms in total. The molecule has 0 bridgehead atoms. The number of benzene rings is 1. The minimum Gasteiger partial charge on any atom is -0.410 e. The molecule has 18 heavy (non-hydrogen) atoms. The number of ether oxygens (including phenoxy) is 1. The van der Waals surface area contributed by atoms with Crippen LogP contribution in [0.3, 0.4) is 0 Å². The Morgan fingerprint density at radius 3 is 2.33 bits per heavy atom. The van der Waals surface area contributed by atoms with Crippen LogP contribution in [0.1, 0.15) is 0 Å². The maximum atomic E-state index is 11.8. The summed E-state index contributed by atoms with van der Waals surface area (Å²) in [4.78, 5) is 20.6. The van der Waals surface area contributed by atoms with Crippen molar-refractivity contribution in [1.29, 1.82) is 0 Å². The lowest BCUT2D eigenvalue weighted by atomic mass is 10.3. The van der Waals surface area contributed by atoms with Gasteiger partial charge in [-0.2, -0.15) is 13.2 Å². The van der Waals surface area contributed by atoms with Crippen molar-refractivity contribution < 1.29 is 27.6 Å². The van der Waals surface area contributed by atoms with Crippen LogP contribution in [0, 0.1) is 10.1 Å². The van der Waals surface area contributed by atoms with E-state index in [0.717, 1.165) is 24.3 Å². The highest BCUT2D eigenvalue weighted by molar-refractivity contribution is 5.70. The summed E-state index contributed by atoms with van der Waals surface area (Å²) in [7, 11) is 0. The van der Waals surface area contributed by atoms with Gasteiger partial charge in [0.2, 0.25) is 0 Å². The molecule has 0 heterocycles. The van der Waals surface area contributed by atoms with Gasteiger partial charge in [-0.3, -0.25) is 10.1 Å². The van der Waals surface area contributed by atoms with Gasteiger partial charge < -0.3 is 10.1 Å². The molecular weight excluding hydrogens is 257 g/mol. The van der Waals surface area contributed by atoms with E-state index in [0.29, 0.717) is 0 Å². The van der Waals surface area contributed by atoms with Crippen LogP contribution in [-0.2, 0) is 0 Å². The molecular formula is C9H7F3N2O4. The van der Waals surface area contributed by atoms with Gasteiger partial charge in [-0.25, -0.2) is 4.79 Å². The largest absolute Gasteiger partial charge is 0.412 e. The van der Waals surface area contributed by atoms with E-state index in [1.54, 1.807) is 0 Å². The average molecular weight is 264 g/mol. The van der Waals surface area contributed by atoms with Crippen molar-refractivity contribution in [1.82, 2.24) is 5.32 Å². The van der Waals surface area contributed by atoms with Crippen molar-refractivity contribution in [2.45, 2.75) is 6.18 Å². The summed E-state index contributed by atoms with van der Waals surface area (Å²) in [6.07, 6.45) is -5.82. The number of nitro benzene ring substituents is 1. The van der Waals surface area contributed by atoms with Crippen LogP contribution in [0.25, 0.3) is 0 Å². The molecule has 0 unspecified atom stereocenters. The van der Waals surface area contributed by atoms with E-state index in [1.165, 1.54) is 5.32 Å². The molecule has 98 valence electrons. The normalized spacial score (nSPS) is 10.8. The van der Waals surface area contributed by atoms with Crippen molar-refractivity contribution in [2.75, 3.05) is 6.54 Å². The first-order chi connectivity index (χ1) is 8.28. The molecule has 1 amide bonds. The smallest absolute Gasteiger partial charge is 0.410 e. The van der Waals surface area contributed by atoms with Gasteiger partial charge in [0, 0.05) is 12.1 Å². The predicted octanol–water partition coefficient (Wildman–Crippen LogP) is 2.25. The lowest BCUT2D eigenvalue weighted by Crippen LogP contribution is -2.35. The molecule has 0 saturated heterocycles. The Bertz CT molecular complexity index is 444. The highest BCUT2D eigenvalue weighted by atomic mass is 19.4. The number of nitrogens with zero attached hydrogens (tertiary/aromatic N) is 1. The van der Waals surface area contributed by atoms with Gasteiger partial charge in [0.1, 0.15) is 12.3 Å². The van der Waals surface area contributed by atoms with Crippen molar-refractivity contribution in [3.63, 3.8) is 0 Å². The molecule has 1 rings (SSSR count). The number of halogens is 3. The van der Waals surface area contributed by atoms with Crippen LogP contribution in [-0.4, -0.2) is 23.7 Å². The van der Waals surface area contributed by atoms with Gasteiger partial charge in [-0.1, -0.05) is 0 Å². The molecule has 0 aliphatic rings. The number of non-ortho nitro benzene ring substituents is 1. The highest BCUT2D eigenvalue weighted by Crippen LogP contribution is 2.17. The molecule has 1 aromatic rings. The van der Waals surface area contributed by atoms with Gasteiger partial charge >= 0.3 is 12.3 Å². The van der Waals surface area contributed by atoms with Crippen molar-refractivity contribution in [3.05, 3.63) is 34.4 Å². The monoisotopic (exact) mass is 264 g/mol. The second-order valence-electron chi connectivity index (χ2n) is 3.11. The maximum Gasteiger partial charge on any atom is 0.412 e. The molecule has 0 saturated carbocycles. The Morgan fingerprint density at radius 2 is 1.89 bits per heavy atom. The zero-order valence-corrected chi connectivity index (χ0v) is 8.73. The Labute approximate surface area is 98.5 Å². The summed E-state index contributed by atoms with van der Waals surface area (Å²) < 4.78 is 39.7. The molecule has 1 N–H and O–H groups in total. The first-order valence-corrected chi connectivity index (χ1v) is 4.55. The number of alkyl halides is 3. The SMILES string of the molecule is O=C(NCC(F)(F)F)Oc1ccc([N+](=O)[O-])cc1. The van der Waals surface area contributed by atoms with Crippen LogP contribution < -0.4 is 10.1 Å². The summed E-state index contributed by atoms with van der Waals surface area (Å²) in [5.41, 5.74) is -0.224. The lowest BCUT2D eigenvalue weighted by Gasteiger charge is -2.08. The third-order valence-corrected chi connectivity index (χ3v) is 1.69. The molecule has 0 aliphatic carbocycles. The molecule has 0 spiro atoms. The lowest BCUT2D eigenvalue weighted by molar-refractivity contribution is -0.384. The number of carbonyl (C=O) groups excluding carboxylic acids is 1. The Morgan fingerprint density at radius 1 is 1.33 bits per heavy atom. The minimum absolute atomic E-state index is 0.0970. The van der Waals surface area contributed by atoms with Crippen molar-refractivity contribution >= 4 is 11.8 Å². The summed E-state index contributed by atoms with van der Waals surface area (Å²) in [6.45, 7) is -1.52. The maximum absolute atomic E-state index is 11.8. The molecule has 0 fully saturated rings. The van der Waals surface area contributed by atoms with Gasteiger partial charge in [-0.05, 0) is 12.1 Å². The van der Waals surface area contributed by atoms with Crippen molar-refractivity contribution in [2.24, 2.45) is 0 Å². The van der Waals surface area contributed by atoms with Gasteiger partial charge in [0.15, 0.2) is 0 Å².